The molecule has 2 N–H and O–H groups in total. The van der Waals surface area contributed by atoms with E-state index in [1.807, 2.05) is 0 Å². The average molecular weight is 221 g/mol. The van der Waals surface area contributed by atoms with Gasteiger partial charge in [0.15, 0.2) is 0 Å². The lowest BCUT2D eigenvalue weighted by Crippen LogP contribution is -2.33. The highest BCUT2D eigenvalue weighted by Crippen LogP contribution is 2.17. The molecule has 2 nitrogen and oxygen atoms in total. The fourth-order valence-corrected chi connectivity index (χ4v) is 1.78. The monoisotopic (exact) mass is 221 g/mol. The molecule has 0 saturated carbocycles. The standard InChI is InChI=1S/C14H23NO/c1-5-14(9-16)15-12(4)13-7-6-10(2)11(3)8-13/h6-8,12,14-16H,5,9H2,1-4H3. The third-order valence-corrected chi connectivity index (χ3v) is 3.23. The van der Waals surface area contributed by atoms with Gasteiger partial charge in [0.2, 0.25) is 0 Å². The summed E-state index contributed by atoms with van der Waals surface area (Å²) >= 11 is 0. The first-order valence-electron chi connectivity index (χ1n) is 6.02. The van der Waals surface area contributed by atoms with Gasteiger partial charge in [0, 0.05) is 12.1 Å². The van der Waals surface area contributed by atoms with E-state index in [2.05, 4.69) is 51.2 Å². The molecule has 1 aromatic rings. The number of hydrogen-bond donors (Lipinski definition) is 2. The molecule has 0 heterocycles. The van der Waals surface area contributed by atoms with Crippen molar-refractivity contribution in [3.8, 4) is 0 Å². The van der Waals surface area contributed by atoms with Gasteiger partial charge in [-0.2, -0.15) is 0 Å². The number of benzene rings is 1. The first-order valence-corrected chi connectivity index (χ1v) is 6.02. The van der Waals surface area contributed by atoms with Crippen LogP contribution in [0, 0.1) is 13.8 Å². The molecule has 0 aromatic heterocycles. The molecule has 16 heavy (non-hydrogen) atoms. The van der Waals surface area contributed by atoms with Crippen molar-refractivity contribution in [2.24, 2.45) is 0 Å². The van der Waals surface area contributed by atoms with Crippen molar-refractivity contribution in [1.29, 1.82) is 0 Å². The predicted molar refractivity (Wildman–Crippen MR) is 68.6 cm³/mol. The van der Waals surface area contributed by atoms with Crippen molar-refractivity contribution < 1.29 is 5.11 Å². The smallest absolute Gasteiger partial charge is 0.0584 e. The molecule has 1 rings (SSSR count). The first-order chi connectivity index (χ1) is 7.58. The Balaban J connectivity index is 2.72. The Morgan fingerprint density at radius 2 is 1.94 bits per heavy atom. The van der Waals surface area contributed by atoms with Crippen LogP contribution in [0.15, 0.2) is 18.2 Å². The first kappa shape index (κ1) is 13.2. The lowest BCUT2D eigenvalue weighted by atomic mass is 10.0. The van der Waals surface area contributed by atoms with Crippen LogP contribution in [0.2, 0.25) is 0 Å². The third kappa shape index (κ3) is 3.32. The summed E-state index contributed by atoms with van der Waals surface area (Å²) in [6.45, 7) is 8.68. The molecule has 0 spiro atoms. The summed E-state index contributed by atoms with van der Waals surface area (Å²) in [5.41, 5.74) is 3.93. The maximum absolute atomic E-state index is 9.16. The molecule has 2 unspecified atom stereocenters. The average Bonchev–Trinajstić information content (AvgIpc) is 2.29. The second-order valence-corrected chi connectivity index (χ2v) is 4.52. The summed E-state index contributed by atoms with van der Waals surface area (Å²) in [6, 6.07) is 7.01. The molecule has 1 aromatic carbocycles. The van der Waals surface area contributed by atoms with Gasteiger partial charge in [-0.05, 0) is 43.9 Å². The summed E-state index contributed by atoms with van der Waals surface area (Å²) in [5, 5.41) is 12.6. The van der Waals surface area contributed by atoms with Crippen LogP contribution in [-0.2, 0) is 0 Å². The molecule has 0 saturated heterocycles. The van der Waals surface area contributed by atoms with Crippen LogP contribution in [0.4, 0.5) is 0 Å². The van der Waals surface area contributed by atoms with Gasteiger partial charge in [0.25, 0.3) is 0 Å². The van der Waals surface area contributed by atoms with Gasteiger partial charge in [-0.15, -0.1) is 0 Å². The van der Waals surface area contributed by atoms with Gasteiger partial charge in [-0.1, -0.05) is 25.1 Å². The maximum Gasteiger partial charge on any atom is 0.0584 e. The van der Waals surface area contributed by atoms with Gasteiger partial charge in [0.1, 0.15) is 0 Å². The van der Waals surface area contributed by atoms with Crippen molar-refractivity contribution in [2.75, 3.05) is 6.61 Å². The third-order valence-electron chi connectivity index (χ3n) is 3.23. The zero-order chi connectivity index (χ0) is 12.1. The van der Waals surface area contributed by atoms with E-state index in [0.717, 1.165) is 6.42 Å². The van der Waals surface area contributed by atoms with Crippen molar-refractivity contribution in [1.82, 2.24) is 5.32 Å². The zero-order valence-electron chi connectivity index (χ0n) is 10.7. The number of aliphatic hydroxyl groups excluding tert-OH is 1. The molecule has 90 valence electrons. The SMILES string of the molecule is CCC(CO)NC(C)c1ccc(C)c(C)c1. The molecule has 0 amide bonds. The molecule has 0 fully saturated rings. The van der Waals surface area contributed by atoms with Crippen LogP contribution in [-0.4, -0.2) is 17.8 Å². The van der Waals surface area contributed by atoms with Gasteiger partial charge in [-0.3, -0.25) is 0 Å². The molecule has 0 aliphatic rings. The number of rotatable bonds is 5. The van der Waals surface area contributed by atoms with Crippen molar-refractivity contribution >= 4 is 0 Å². The van der Waals surface area contributed by atoms with Crippen molar-refractivity contribution in [2.45, 2.75) is 46.2 Å². The highest BCUT2D eigenvalue weighted by molar-refractivity contribution is 5.31. The van der Waals surface area contributed by atoms with Crippen LogP contribution < -0.4 is 5.32 Å². The molecule has 0 aliphatic carbocycles. The van der Waals surface area contributed by atoms with E-state index in [4.69, 9.17) is 5.11 Å². The Morgan fingerprint density at radius 3 is 2.44 bits per heavy atom. The second kappa shape index (κ2) is 6.02. The molecular formula is C14H23NO. The maximum atomic E-state index is 9.16. The fraction of sp³-hybridized carbons (Fsp3) is 0.571. The van der Waals surface area contributed by atoms with Crippen molar-refractivity contribution in [3.63, 3.8) is 0 Å². The van der Waals surface area contributed by atoms with Crippen molar-refractivity contribution in [3.05, 3.63) is 34.9 Å². The number of aliphatic hydroxyl groups is 1. The lowest BCUT2D eigenvalue weighted by molar-refractivity contribution is 0.230. The van der Waals surface area contributed by atoms with E-state index < -0.39 is 0 Å². The summed E-state index contributed by atoms with van der Waals surface area (Å²) < 4.78 is 0. The van der Waals surface area contributed by atoms with E-state index in [1.165, 1.54) is 16.7 Å². The normalized spacial score (nSPS) is 14.8. The topological polar surface area (TPSA) is 32.3 Å². The predicted octanol–water partition coefficient (Wildman–Crippen LogP) is 2.72. The van der Waals surface area contributed by atoms with E-state index in [-0.39, 0.29) is 18.7 Å². The molecule has 2 heteroatoms. The lowest BCUT2D eigenvalue weighted by Gasteiger charge is -2.21. The minimum atomic E-state index is 0.191. The highest BCUT2D eigenvalue weighted by Gasteiger charge is 2.11. The fourth-order valence-electron chi connectivity index (χ4n) is 1.78. The summed E-state index contributed by atoms with van der Waals surface area (Å²) in [5.74, 6) is 0. The van der Waals surface area contributed by atoms with E-state index in [1.54, 1.807) is 0 Å². The summed E-state index contributed by atoms with van der Waals surface area (Å²) in [7, 11) is 0. The Labute approximate surface area is 98.7 Å². The van der Waals surface area contributed by atoms with E-state index >= 15 is 0 Å². The van der Waals surface area contributed by atoms with Gasteiger partial charge in [0.05, 0.1) is 6.61 Å². The molecule has 0 radical (unpaired) electrons. The highest BCUT2D eigenvalue weighted by atomic mass is 16.3. The molecule has 0 aliphatic heterocycles. The van der Waals surface area contributed by atoms with Gasteiger partial charge >= 0.3 is 0 Å². The van der Waals surface area contributed by atoms with E-state index in [0.29, 0.717) is 0 Å². The van der Waals surface area contributed by atoms with Crippen LogP contribution in [0.25, 0.3) is 0 Å². The summed E-state index contributed by atoms with van der Waals surface area (Å²) in [4.78, 5) is 0. The number of nitrogens with one attached hydrogen (secondary N) is 1. The van der Waals surface area contributed by atoms with Crippen LogP contribution in [0.5, 0.6) is 0 Å². The van der Waals surface area contributed by atoms with Crippen LogP contribution in [0.3, 0.4) is 0 Å². The Bertz CT molecular complexity index is 332. The minimum Gasteiger partial charge on any atom is -0.395 e. The van der Waals surface area contributed by atoms with E-state index in [9.17, 15) is 0 Å². The van der Waals surface area contributed by atoms with Crippen LogP contribution >= 0.6 is 0 Å². The minimum absolute atomic E-state index is 0.191. The second-order valence-electron chi connectivity index (χ2n) is 4.52. The van der Waals surface area contributed by atoms with Crippen LogP contribution in [0.1, 0.15) is 43.0 Å². The Kier molecular flexibility index (Phi) is 4.97. The Hall–Kier alpha value is -0.860. The molecular weight excluding hydrogens is 198 g/mol. The largest absolute Gasteiger partial charge is 0.395 e. The molecule has 0 bridgehead atoms. The Morgan fingerprint density at radius 1 is 1.25 bits per heavy atom. The number of aryl methyl sites for hydroxylation is 2. The molecule has 2 atom stereocenters. The zero-order valence-corrected chi connectivity index (χ0v) is 10.7. The summed E-state index contributed by atoms with van der Waals surface area (Å²) in [6.07, 6.45) is 0.950. The number of hydrogen-bond acceptors (Lipinski definition) is 2. The quantitative estimate of drug-likeness (QED) is 0.801. The van der Waals surface area contributed by atoms with Gasteiger partial charge in [-0.25, -0.2) is 0 Å². The van der Waals surface area contributed by atoms with Gasteiger partial charge < -0.3 is 10.4 Å².